The number of benzene rings is 2. The number of tetrazole rings is 1. The van der Waals surface area contributed by atoms with Crippen molar-refractivity contribution in [2.24, 2.45) is 0 Å². The van der Waals surface area contributed by atoms with E-state index in [2.05, 4.69) is 21.6 Å². The number of nitriles is 1. The molecule has 0 radical (unpaired) electrons. The largest absolute Gasteiger partial charge is 0.423 e. The van der Waals surface area contributed by atoms with Crippen molar-refractivity contribution in [3.63, 3.8) is 0 Å². The van der Waals surface area contributed by atoms with Crippen LogP contribution in [0.25, 0.3) is 16.7 Å². The molecular formula is C17H9N5O2S. The van der Waals surface area contributed by atoms with Crippen LogP contribution in [0.3, 0.4) is 0 Å². The first-order valence-corrected chi connectivity index (χ1v) is 8.06. The van der Waals surface area contributed by atoms with Gasteiger partial charge in [-0.05, 0) is 52.5 Å². The van der Waals surface area contributed by atoms with Crippen molar-refractivity contribution < 1.29 is 4.42 Å². The van der Waals surface area contributed by atoms with Crippen molar-refractivity contribution >= 4 is 22.7 Å². The maximum Gasteiger partial charge on any atom is 0.337 e. The van der Waals surface area contributed by atoms with E-state index in [-0.39, 0.29) is 0 Å². The van der Waals surface area contributed by atoms with Gasteiger partial charge in [0.25, 0.3) is 0 Å². The zero-order chi connectivity index (χ0) is 17.2. The molecule has 2 aromatic carbocycles. The average molecular weight is 347 g/mol. The highest BCUT2D eigenvalue weighted by Crippen LogP contribution is 2.31. The van der Waals surface area contributed by atoms with Crippen LogP contribution in [0, 0.1) is 11.3 Å². The van der Waals surface area contributed by atoms with E-state index in [1.807, 2.05) is 12.1 Å². The summed E-state index contributed by atoms with van der Waals surface area (Å²) in [6, 6.07) is 17.7. The molecule has 2 aromatic heterocycles. The standard InChI is InChI=1S/C17H9N5O2S/c18-10-11-5-7-12(8-6-11)22-17(19-20-21-22)25-15-9-16(23)24-14-4-2-1-3-13(14)15/h1-9H. The van der Waals surface area contributed by atoms with Gasteiger partial charge in [0, 0.05) is 16.3 Å². The van der Waals surface area contributed by atoms with Crippen molar-refractivity contribution in [2.75, 3.05) is 0 Å². The monoisotopic (exact) mass is 347 g/mol. The number of hydrogen-bond acceptors (Lipinski definition) is 7. The van der Waals surface area contributed by atoms with Gasteiger partial charge in [-0.3, -0.25) is 0 Å². The van der Waals surface area contributed by atoms with Gasteiger partial charge in [0.1, 0.15) is 5.58 Å². The quantitative estimate of drug-likeness (QED) is 0.526. The SMILES string of the molecule is N#Cc1ccc(-n2nnnc2Sc2cc(=O)oc3ccccc23)cc1. The molecule has 0 aliphatic rings. The van der Waals surface area contributed by atoms with Crippen molar-refractivity contribution in [3.05, 3.63) is 70.6 Å². The van der Waals surface area contributed by atoms with E-state index in [1.54, 1.807) is 41.1 Å². The second kappa shape index (κ2) is 6.22. The van der Waals surface area contributed by atoms with Crippen LogP contribution >= 0.6 is 11.8 Å². The Morgan fingerprint density at radius 2 is 1.92 bits per heavy atom. The number of para-hydroxylation sites is 1. The van der Waals surface area contributed by atoms with Crippen LogP contribution in [0.2, 0.25) is 0 Å². The Labute approximate surface area is 145 Å². The molecule has 0 aliphatic carbocycles. The molecule has 0 N–H and O–H groups in total. The third-order valence-corrected chi connectivity index (χ3v) is 4.49. The minimum absolute atomic E-state index is 0.432. The Balaban J connectivity index is 1.77. The molecule has 0 bridgehead atoms. The lowest BCUT2D eigenvalue weighted by Crippen LogP contribution is -2.01. The van der Waals surface area contributed by atoms with Gasteiger partial charge in [0.15, 0.2) is 0 Å². The summed E-state index contributed by atoms with van der Waals surface area (Å²) < 4.78 is 6.75. The van der Waals surface area contributed by atoms with Crippen LogP contribution in [0.15, 0.2) is 73.9 Å². The van der Waals surface area contributed by atoms with Gasteiger partial charge in [0.2, 0.25) is 5.16 Å². The molecule has 120 valence electrons. The van der Waals surface area contributed by atoms with E-state index in [1.165, 1.54) is 17.8 Å². The fourth-order valence-electron chi connectivity index (χ4n) is 2.35. The molecule has 7 nitrogen and oxygen atoms in total. The first-order valence-electron chi connectivity index (χ1n) is 7.24. The summed E-state index contributed by atoms with van der Waals surface area (Å²) in [4.78, 5) is 12.5. The number of aromatic nitrogens is 4. The summed E-state index contributed by atoms with van der Waals surface area (Å²) in [6.45, 7) is 0. The van der Waals surface area contributed by atoms with E-state index in [4.69, 9.17) is 9.68 Å². The normalized spacial score (nSPS) is 10.7. The molecule has 0 amide bonds. The van der Waals surface area contributed by atoms with Crippen molar-refractivity contribution in [1.29, 1.82) is 5.26 Å². The van der Waals surface area contributed by atoms with Gasteiger partial charge < -0.3 is 4.42 Å². The summed E-state index contributed by atoms with van der Waals surface area (Å²) in [7, 11) is 0. The summed E-state index contributed by atoms with van der Waals surface area (Å²) in [5.41, 5.74) is 1.35. The smallest absolute Gasteiger partial charge is 0.337 e. The zero-order valence-electron chi connectivity index (χ0n) is 12.7. The number of hydrogen-bond donors (Lipinski definition) is 0. The predicted octanol–water partition coefficient (Wildman–Crippen LogP) is 2.79. The van der Waals surface area contributed by atoms with E-state index < -0.39 is 5.63 Å². The maximum absolute atomic E-state index is 11.8. The second-order valence-corrected chi connectivity index (χ2v) is 6.07. The van der Waals surface area contributed by atoms with Crippen LogP contribution in [0.1, 0.15) is 5.56 Å². The summed E-state index contributed by atoms with van der Waals surface area (Å²) in [5, 5.41) is 21.9. The first kappa shape index (κ1) is 15.1. The van der Waals surface area contributed by atoms with Gasteiger partial charge in [-0.1, -0.05) is 18.2 Å². The van der Waals surface area contributed by atoms with Crippen molar-refractivity contribution in [1.82, 2.24) is 20.2 Å². The fraction of sp³-hybridized carbons (Fsp3) is 0. The van der Waals surface area contributed by atoms with Gasteiger partial charge >= 0.3 is 5.63 Å². The third-order valence-electron chi connectivity index (χ3n) is 3.50. The number of fused-ring (bicyclic) bond motifs is 1. The molecule has 0 aliphatic heterocycles. The summed E-state index contributed by atoms with van der Waals surface area (Å²) >= 11 is 1.27. The van der Waals surface area contributed by atoms with E-state index >= 15 is 0 Å². The zero-order valence-corrected chi connectivity index (χ0v) is 13.5. The second-order valence-electron chi connectivity index (χ2n) is 5.06. The van der Waals surface area contributed by atoms with Crippen molar-refractivity contribution in [3.8, 4) is 11.8 Å². The molecule has 0 saturated heterocycles. The first-order chi connectivity index (χ1) is 12.2. The van der Waals surface area contributed by atoms with Crippen LogP contribution < -0.4 is 5.63 Å². The Morgan fingerprint density at radius 3 is 2.72 bits per heavy atom. The Morgan fingerprint density at radius 1 is 1.12 bits per heavy atom. The minimum Gasteiger partial charge on any atom is -0.423 e. The van der Waals surface area contributed by atoms with Gasteiger partial charge in [-0.25, -0.2) is 4.79 Å². The lowest BCUT2D eigenvalue weighted by molar-refractivity contribution is 0.557. The summed E-state index contributed by atoms with van der Waals surface area (Å²) in [6.07, 6.45) is 0. The molecule has 25 heavy (non-hydrogen) atoms. The topological polar surface area (TPSA) is 97.6 Å². The Hall–Kier alpha value is -3.44. The van der Waals surface area contributed by atoms with E-state index in [0.29, 0.717) is 21.2 Å². The highest BCUT2D eigenvalue weighted by molar-refractivity contribution is 7.99. The molecule has 8 heteroatoms. The molecule has 0 saturated carbocycles. The number of rotatable bonds is 3. The predicted molar refractivity (Wildman–Crippen MR) is 90.5 cm³/mol. The molecule has 4 aromatic rings. The van der Waals surface area contributed by atoms with E-state index in [9.17, 15) is 4.79 Å². The van der Waals surface area contributed by atoms with Gasteiger partial charge in [0.05, 0.1) is 17.3 Å². The molecule has 0 fully saturated rings. The van der Waals surface area contributed by atoms with Gasteiger partial charge in [-0.15, -0.1) is 5.10 Å². The molecule has 0 atom stereocenters. The van der Waals surface area contributed by atoms with Crippen molar-refractivity contribution in [2.45, 2.75) is 10.1 Å². The van der Waals surface area contributed by atoms with Gasteiger partial charge in [-0.2, -0.15) is 9.94 Å². The minimum atomic E-state index is -0.432. The third kappa shape index (κ3) is 2.88. The Bertz CT molecular complexity index is 1160. The highest BCUT2D eigenvalue weighted by Gasteiger charge is 2.13. The highest BCUT2D eigenvalue weighted by atomic mass is 32.2. The van der Waals surface area contributed by atoms with Crippen LogP contribution in [-0.4, -0.2) is 20.2 Å². The maximum atomic E-state index is 11.8. The van der Waals surface area contributed by atoms with E-state index in [0.717, 1.165) is 11.1 Å². The van der Waals surface area contributed by atoms with Crippen LogP contribution in [0.4, 0.5) is 0 Å². The lowest BCUT2D eigenvalue weighted by Gasteiger charge is -2.06. The molecule has 0 spiro atoms. The Kier molecular flexibility index (Phi) is 3.76. The fourth-order valence-corrected chi connectivity index (χ4v) is 3.28. The average Bonchev–Trinajstić information content (AvgIpc) is 3.10. The van der Waals surface area contributed by atoms with Crippen LogP contribution in [-0.2, 0) is 0 Å². The summed E-state index contributed by atoms with van der Waals surface area (Å²) in [5.74, 6) is 0. The molecule has 0 unspecified atom stereocenters. The molecular weight excluding hydrogens is 338 g/mol. The molecule has 2 heterocycles. The lowest BCUT2D eigenvalue weighted by atomic mass is 10.2. The number of nitrogens with zero attached hydrogens (tertiary/aromatic N) is 5. The molecule has 4 rings (SSSR count). The van der Waals surface area contributed by atoms with Crippen LogP contribution in [0.5, 0.6) is 0 Å².